The number of hydrogen-bond donors (Lipinski definition) is 2. The summed E-state index contributed by atoms with van der Waals surface area (Å²) in [6.07, 6.45) is -0.120. The zero-order valence-electron chi connectivity index (χ0n) is 5.07. The van der Waals surface area contributed by atoms with E-state index in [9.17, 15) is 13.2 Å². The van der Waals surface area contributed by atoms with E-state index in [0.29, 0.717) is 0 Å². The first-order valence-electron chi connectivity index (χ1n) is 2.48. The molecule has 0 unspecified atom stereocenters. The SMILES string of the molecule is NCCC(C(=O)O)=S(=O)=O. The maximum Gasteiger partial charge on any atom is 0.347 e. The van der Waals surface area contributed by atoms with E-state index in [4.69, 9.17) is 10.8 Å². The van der Waals surface area contributed by atoms with Crippen molar-refractivity contribution in [1.82, 2.24) is 0 Å². The lowest BCUT2D eigenvalue weighted by Gasteiger charge is -1.89. The quantitative estimate of drug-likeness (QED) is 0.494. The van der Waals surface area contributed by atoms with E-state index in [0.717, 1.165) is 0 Å². The summed E-state index contributed by atoms with van der Waals surface area (Å²) in [6, 6.07) is 0. The summed E-state index contributed by atoms with van der Waals surface area (Å²) < 4.78 is 20.1. The minimum Gasteiger partial charge on any atom is -0.477 e. The molecule has 0 heterocycles. The smallest absolute Gasteiger partial charge is 0.347 e. The summed E-state index contributed by atoms with van der Waals surface area (Å²) in [4.78, 5) is 9.48. The Morgan fingerprint density at radius 1 is 1.50 bits per heavy atom. The van der Waals surface area contributed by atoms with Gasteiger partial charge in [-0.25, -0.2) is 4.79 Å². The van der Waals surface area contributed by atoms with Crippen LogP contribution in [0.3, 0.4) is 0 Å². The van der Waals surface area contributed by atoms with Gasteiger partial charge >= 0.3 is 5.97 Å². The van der Waals surface area contributed by atoms with Gasteiger partial charge in [-0.3, -0.25) is 0 Å². The van der Waals surface area contributed by atoms with Gasteiger partial charge in [0.2, 0.25) is 10.3 Å². The van der Waals surface area contributed by atoms with Crippen molar-refractivity contribution in [2.24, 2.45) is 5.73 Å². The average molecular weight is 165 g/mol. The molecular weight excluding hydrogens is 158 g/mol. The van der Waals surface area contributed by atoms with Crippen molar-refractivity contribution in [2.75, 3.05) is 6.54 Å². The Morgan fingerprint density at radius 3 is 2.10 bits per heavy atom. The van der Waals surface area contributed by atoms with Crippen LogP contribution in [0.4, 0.5) is 0 Å². The molecule has 3 N–H and O–H groups in total. The van der Waals surface area contributed by atoms with E-state index in [1.807, 2.05) is 0 Å². The van der Waals surface area contributed by atoms with Crippen molar-refractivity contribution >= 4 is 21.1 Å². The number of hydrogen-bond acceptors (Lipinski definition) is 4. The monoisotopic (exact) mass is 165 g/mol. The number of rotatable bonds is 3. The summed E-state index contributed by atoms with van der Waals surface area (Å²) >= 11 is 0. The van der Waals surface area contributed by atoms with Gasteiger partial charge < -0.3 is 10.8 Å². The van der Waals surface area contributed by atoms with Crippen molar-refractivity contribution in [1.29, 1.82) is 0 Å². The van der Waals surface area contributed by atoms with Crippen LogP contribution in [0.25, 0.3) is 0 Å². The molecule has 0 aromatic heterocycles. The zero-order chi connectivity index (χ0) is 8.15. The number of nitrogens with two attached hydrogens (primary N) is 1. The lowest BCUT2D eigenvalue weighted by Crippen LogP contribution is -2.18. The van der Waals surface area contributed by atoms with Crippen molar-refractivity contribution in [3.8, 4) is 0 Å². The molecule has 0 aromatic rings. The van der Waals surface area contributed by atoms with Gasteiger partial charge in [0, 0.05) is 6.42 Å². The van der Waals surface area contributed by atoms with Crippen LogP contribution < -0.4 is 5.73 Å². The zero-order valence-corrected chi connectivity index (χ0v) is 5.89. The van der Waals surface area contributed by atoms with Crippen LogP contribution in [-0.4, -0.2) is 30.9 Å². The van der Waals surface area contributed by atoms with E-state index in [2.05, 4.69) is 0 Å². The topological polar surface area (TPSA) is 97.5 Å². The molecule has 0 rings (SSSR count). The molecule has 0 aliphatic heterocycles. The van der Waals surface area contributed by atoms with E-state index in [-0.39, 0.29) is 13.0 Å². The van der Waals surface area contributed by atoms with Crippen molar-refractivity contribution in [2.45, 2.75) is 6.42 Å². The second kappa shape index (κ2) is 4.02. The van der Waals surface area contributed by atoms with E-state index < -0.39 is 21.1 Å². The molecular formula is C4H7NO4S. The molecule has 0 saturated heterocycles. The van der Waals surface area contributed by atoms with Crippen LogP contribution >= 0.6 is 0 Å². The molecule has 0 aromatic carbocycles. The van der Waals surface area contributed by atoms with Crippen LogP contribution in [-0.2, 0) is 15.1 Å². The van der Waals surface area contributed by atoms with Crippen LogP contribution in [0.2, 0.25) is 0 Å². The molecule has 0 amide bonds. The third-order valence-electron chi connectivity index (χ3n) is 0.811. The molecule has 6 heteroatoms. The Labute approximate surface area is 59.0 Å². The van der Waals surface area contributed by atoms with Gasteiger partial charge in [-0.15, -0.1) is 0 Å². The Morgan fingerprint density at radius 2 is 2.00 bits per heavy atom. The van der Waals surface area contributed by atoms with Crippen molar-refractivity contribution < 1.29 is 18.3 Å². The predicted molar refractivity (Wildman–Crippen MR) is 35.2 cm³/mol. The highest BCUT2D eigenvalue weighted by molar-refractivity contribution is 7.74. The van der Waals surface area contributed by atoms with Crippen LogP contribution in [0, 0.1) is 0 Å². The van der Waals surface area contributed by atoms with E-state index in [1.54, 1.807) is 0 Å². The summed E-state index contributed by atoms with van der Waals surface area (Å²) in [5, 5.41) is 8.19. The fourth-order valence-electron chi connectivity index (χ4n) is 0.393. The number of aliphatic carboxylic acids is 1. The Bertz CT molecular complexity index is 244. The molecule has 0 bridgehead atoms. The maximum atomic E-state index is 10.1. The summed E-state index contributed by atoms with van der Waals surface area (Å²) in [5.41, 5.74) is 4.95. The summed E-state index contributed by atoms with van der Waals surface area (Å²) in [7, 11) is -2.65. The van der Waals surface area contributed by atoms with E-state index >= 15 is 0 Å². The molecule has 0 aliphatic carbocycles. The average Bonchev–Trinajstić information content (AvgIpc) is 1.81. The Kier molecular flexibility index (Phi) is 3.67. The van der Waals surface area contributed by atoms with Gasteiger partial charge in [-0.1, -0.05) is 0 Å². The van der Waals surface area contributed by atoms with Gasteiger partial charge in [0.05, 0.1) is 0 Å². The normalized spacial score (nSPS) is 8.90. The fourth-order valence-corrected chi connectivity index (χ4v) is 0.820. The molecule has 0 saturated carbocycles. The molecule has 10 heavy (non-hydrogen) atoms. The second-order valence-electron chi connectivity index (χ2n) is 1.50. The fraction of sp³-hybridized carbons (Fsp3) is 0.500. The van der Waals surface area contributed by atoms with Crippen molar-refractivity contribution in [3.63, 3.8) is 0 Å². The van der Waals surface area contributed by atoms with Crippen LogP contribution in [0.1, 0.15) is 6.42 Å². The van der Waals surface area contributed by atoms with Gasteiger partial charge in [0.15, 0.2) is 4.86 Å². The minimum atomic E-state index is -2.65. The third-order valence-corrected chi connectivity index (χ3v) is 1.59. The molecule has 5 nitrogen and oxygen atoms in total. The van der Waals surface area contributed by atoms with Gasteiger partial charge in [0.25, 0.3) is 0 Å². The third kappa shape index (κ3) is 2.60. The lowest BCUT2D eigenvalue weighted by atomic mass is 10.3. The molecule has 0 fully saturated rings. The number of carbonyl (C=O) groups is 1. The molecule has 0 spiro atoms. The molecule has 0 radical (unpaired) electrons. The molecule has 58 valence electrons. The Balaban J connectivity index is 4.63. The number of carboxylic acids is 1. The Hall–Kier alpha value is -0.880. The highest BCUT2D eigenvalue weighted by Crippen LogP contribution is 1.80. The largest absolute Gasteiger partial charge is 0.477 e. The van der Waals surface area contributed by atoms with Crippen LogP contribution in [0.15, 0.2) is 0 Å². The van der Waals surface area contributed by atoms with Crippen LogP contribution in [0.5, 0.6) is 0 Å². The minimum absolute atomic E-state index is 0.0234. The second-order valence-corrected chi connectivity index (χ2v) is 2.46. The lowest BCUT2D eigenvalue weighted by molar-refractivity contribution is -0.129. The predicted octanol–water partition coefficient (Wildman–Crippen LogP) is -1.53. The van der Waals surface area contributed by atoms with Gasteiger partial charge in [0.1, 0.15) is 0 Å². The first-order chi connectivity index (χ1) is 4.59. The number of carboxylic acid groups (broad SMARTS) is 1. The van der Waals surface area contributed by atoms with Gasteiger partial charge in [-0.05, 0) is 6.54 Å². The maximum absolute atomic E-state index is 10.1. The summed E-state index contributed by atoms with van der Waals surface area (Å²) in [6.45, 7) is 0.0234. The molecule has 0 atom stereocenters. The van der Waals surface area contributed by atoms with Crippen molar-refractivity contribution in [3.05, 3.63) is 0 Å². The standard InChI is InChI=1S/C4H7NO4S/c5-2-1-3(4(6)7)10(8)9/h1-2,5H2,(H,6,7). The highest BCUT2D eigenvalue weighted by Gasteiger charge is 2.08. The highest BCUT2D eigenvalue weighted by atomic mass is 32.2. The van der Waals surface area contributed by atoms with Gasteiger partial charge in [-0.2, -0.15) is 8.42 Å². The van der Waals surface area contributed by atoms with E-state index in [1.165, 1.54) is 0 Å². The molecule has 0 aliphatic rings. The summed E-state index contributed by atoms with van der Waals surface area (Å²) in [5.74, 6) is -1.43. The first kappa shape index (κ1) is 9.12. The first-order valence-corrected chi connectivity index (χ1v) is 3.55.